The molecule has 0 amide bonds. The van der Waals surface area contributed by atoms with Crippen LogP contribution in [0, 0.1) is 13.8 Å². The summed E-state index contributed by atoms with van der Waals surface area (Å²) in [6.07, 6.45) is 2.12. The van der Waals surface area contributed by atoms with Crippen LogP contribution >= 0.6 is 31.9 Å². The number of rotatable bonds is 2. The van der Waals surface area contributed by atoms with Crippen molar-refractivity contribution in [2.75, 3.05) is 6.61 Å². The fraction of sp³-hybridized carbons (Fsp3) is 0.250. The highest BCUT2D eigenvalue weighted by Crippen LogP contribution is 2.36. The van der Waals surface area contributed by atoms with Crippen LogP contribution in [-0.2, 0) is 29.0 Å². The van der Waals surface area contributed by atoms with Crippen LogP contribution < -0.4 is 0 Å². The highest BCUT2D eigenvalue weighted by molar-refractivity contribution is 9.10. The van der Waals surface area contributed by atoms with Crippen molar-refractivity contribution in [3.05, 3.63) is 80.0 Å². The fourth-order valence-corrected chi connectivity index (χ4v) is 5.92. The molecule has 0 fully saturated rings. The van der Waals surface area contributed by atoms with E-state index in [1.165, 1.54) is 0 Å². The lowest BCUT2D eigenvalue weighted by Crippen LogP contribution is -2.12. The third kappa shape index (κ3) is 4.93. The van der Waals surface area contributed by atoms with E-state index >= 15 is 0 Å². The number of benzene rings is 2. The average molecular weight is 680 g/mol. The SMILES string of the molecule is CCOC(=O)c1ncn2c1Cn1nnc(C)c1-c1cc(Br)ccc1-2.Cc1nnn2c1-c1cc(Br)ccc1CC(=O)C2. The zero-order valence-electron chi connectivity index (χ0n) is 22.4. The minimum atomic E-state index is -0.426. The Balaban J connectivity index is 0.000000156. The van der Waals surface area contributed by atoms with Crippen LogP contribution in [0.2, 0.25) is 0 Å². The number of ether oxygens (including phenoxy) is 1. The number of nitrogens with zero attached hydrogens (tertiary/aromatic N) is 8. The monoisotopic (exact) mass is 678 g/mol. The number of ketones is 1. The van der Waals surface area contributed by atoms with Crippen LogP contribution in [0.15, 0.2) is 51.7 Å². The molecule has 11 nitrogen and oxygen atoms in total. The maximum absolute atomic E-state index is 12.2. The molecule has 41 heavy (non-hydrogen) atoms. The molecule has 5 aromatic rings. The summed E-state index contributed by atoms with van der Waals surface area (Å²) >= 11 is 6.98. The van der Waals surface area contributed by atoms with Gasteiger partial charge in [0.1, 0.15) is 12.9 Å². The van der Waals surface area contributed by atoms with Crippen LogP contribution in [0.25, 0.3) is 28.2 Å². The summed E-state index contributed by atoms with van der Waals surface area (Å²) in [5.41, 5.74) is 8.64. The van der Waals surface area contributed by atoms with Crippen LogP contribution in [0.3, 0.4) is 0 Å². The maximum atomic E-state index is 12.2. The number of hydrogen-bond acceptors (Lipinski definition) is 8. The molecule has 0 spiro atoms. The van der Waals surface area contributed by atoms with Crippen LogP contribution in [0.1, 0.15) is 40.1 Å². The number of Topliss-reactive ketones (excluding diaryl/α,β-unsaturated/α-hetero) is 1. The van der Waals surface area contributed by atoms with Crippen molar-refractivity contribution in [1.29, 1.82) is 0 Å². The quantitative estimate of drug-likeness (QED) is 0.237. The van der Waals surface area contributed by atoms with Gasteiger partial charge in [0, 0.05) is 26.5 Å². The zero-order chi connectivity index (χ0) is 28.8. The molecular weight excluding hydrogens is 656 g/mol. The molecule has 0 N–H and O–H groups in total. The van der Waals surface area contributed by atoms with Gasteiger partial charge in [-0.1, -0.05) is 48.4 Å². The van der Waals surface area contributed by atoms with E-state index in [2.05, 4.69) is 57.5 Å². The Bertz CT molecular complexity index is 1840. The summed E-state index contributed by atoms with van der Waals surface area (Å²) in [6, 6.07) is 11.9. The highest BCUT2D eigenvalue weighted by Gasteiger charge is 2.28. The molecule has 2 aliphatic heterocycles. The normalized spacial score (nSPS) is 13.0. The molecule has 13 heteroatoms. The number of fused-ring (bicyclic) bond motifs is 8. The van der Waals surface area contributed by atoms with E-state index < -0.39 is 5.97 Å². The predicted molar refractivity (Wildman–Crippen MR) is 157 cm³/mol. The van der Waals surface area contributed by atoms with Gasteiger partial charge in [0.05, 0.1) is 47.3 Å². The summed E-state index contributed by atoms with van der Waals surface area (Å²) in [4.78, 5) is 28.3. The molecule has 7 rings (SSSR count). The number of carbonyl (C=O) groups excluding carboxylic acids is 2. The summed E-state index contributed by atoms with van der Waals surface area (Å²) in [6.45, 7) is 6.63. The first-order chi connectivity index (χ1) is 19.7. The molecular formula is C28H24Br2N8O3. The predicted octanol–water partition coefficient (Wildman–Crippen LogP) is 4.88. The minimum absolute atomic E-state index is 0.164. The van der Waals surface area contributed by atoms with E-state index in [1.807, 2.05) is 54.8 Å². The second-order valence-electron chi connectivity index (χ2n) is 9.67. The number of carbonyl (C=O) groups is 2. The third-order valence-corrected chi connectivity index (χ3v) is 7.94. The lowest BCUT2D eigenvalue weighted by Gasteiger charge is -2.09. The number of halogens is 2. The topological polar surface area (TPSA) is 123 Å². The van der Waals surface area contributed by atoms with E-state index in [-0.39, 0.29) is 5.78 Å². The number of hydrogen-bond donors (Lipinski definition) is 0. The molecule has 0 bridgehead atoms. The van der Waals surface area contributed by atoms with Crippen molar-refractivity contribution in [3.63, 3.8) is 0 Å². The standard InChI is InChI=1S/C16H14BrN5O2.C12H10BrN3O/c1-3-24-16(23)14-13-7-22-15(9(2)19-20-22)11-6-10(17)4-5-12(11)21(13)8-18-14;1-7-12-11-5-9(13)3-2-8(11)4-10(17)6-16(12)15-14-7/h4-6,8H,3,7H2,1-2H3;2-3,5H,4,6H2,1H3. The Morgan fingerprint density at radius 1 is 0.927 bits per heavy atom. The smallest absolute Gasteiger partial charge is 0.358 e. The molecule has 0 atom stereocenters. The molecule has 0 saturated heterocycles. The average Bonchev–Trinajstić information content (AvgIpc) is 3.57. The number of esters is 1. The summed E-state index contributed by atoms with van der Waals surface area (Å²) in [5, 5.41) is 16.5. The van der Waals surface area contributed by atoms with Crippen molar-refractivity contribution in [3.8, 4) is 28.2 Å². The van der Waals surface area contributed by atoms with Crippen LogP contribution in [0.4, 0.5) is 0 Å². The highest BCUT2D eigenvalue weighted by atomic mass is 79.9. The Morgan fingerprint density at radius 2 is 1.56 bits per heavy atom. The fourth-order valence-electron chi connectivity index (χ4n) is 5.20. The van der Waals surface area contributed by atoms with Gasteiger partial charge < -0.3 is 4.74 Å². The van der Waals surface area contributed by atoms with Crippen LogP contribution in [-0.4, -0.2) is 57.9 Å². The molecule has 0 unspecified atom stereocenters. The van der Waals surface area contributed by atoms with E-state index in [4.69, 9.17) is 4.74 Å². The summed E-state index contributed by atoms with van der Waals surface area (Å²) in [5.74, 6) is -0.262. The van der Waals surface area contributed by atoms with E-state index in [1.54, 1.807) is 22.6 Å². The molecule has 0 aliphatic carbocycles. The number of aromatic nitrogens is 8. The summed E-state index contributed by atoms with van der Waals surface area (Å²) in [7, 11) is 0. The van der Waals surface area contributed by atoms with E-state index in [0.717, 1.165) is 59.8 Å². The van der Waals surface area contributed by atoms with Gasteiger partial charge in [-0.2, -0.15) is 0 Å². The first-order valence-electron chi connectivity index (χ1n) is 12.9. The zero-order valence-corrected chi connectivity index (χ0v) is 25.6. The van der Waals surface area contributed by atoms with E-state index in [0.29, 0.717) is 31.8 Å². The largest absolute Gasteiger partial charge is 0.461 e. The van der Waals surface area contributed by atoms with Crippen molar-refractivity contribution >= 4 is 43.6 Å². The third-order valence-electron chi connectivity index (χ3n) is 6.96. The molecule has 2 aromatic carbocycles. The van der Waals surface area contributed by atoms with Gasteiger partial charge in [0.2, 0.25) is 0 Å². The van der Waals surface area contributed by atoms with Gasteiger partial charge in [-0.15, -0.1) is 10.2 Å². The van der Waals surface area contributed by atoms with Crippen molar-refractivity contribution in [2.45, 2.75) is 40.3 Å². The van der Waals surface area contributed by atoms with Gasteiger partial charge in [-0.25, -0.2) is 19.1 Å². The molecule has 5 heterocycles. The Morgan fingerprint density at radius 3 is 2.27 bits per heavy atom. The van der Waals surface area contributed by atoms with E-state index in [9.17, 15) is 9.59 Å². The molecule has 3 aromatic heterocycles. The summed E-state index contributed by atoms with van der Waals surface area (Å²) < 4.78 is 12.5. The Kier molecular flexibility index (Phi) is 7.16. The lowest BCUT2D eigenvalue weighted by molar-refractivity contribution is -0.119. The lowest BCUT2D eigenvalue weighted by atomic mass is 10.0. The minimum Gasteiger partial charge on any atom is -0.461 e. The molecule has 0 radical (unpaired) electrons. The Labute approximate surface area is 251 Å². The maximum Gasteiger partial charge on any atom is 0.358 e. The molecule has 208 valence electrons. The first kappa shape index (κ1) is 27.2. The van der Waals surface area contributed by atoms with Gasteiger partial charge >= 0.3 is 5.97 Å². The van der Waals surface area contributed by atoms with Crippen molar-refractivity contribution < 1.29 is 14.3 Å². The molecule has 0 saturated carbocycles. The van der Waals surface area contributed by atoms with Gasteiger partial charge in [0.25, 0.3) is 0 Å². The second kappa shape index (κ2) is 10.8. The van der Waals surface area contributed by atoms with Gasteiger partial charge in [0.15, 0.2) is 11.5 Å². The second-order valence-corrected chi connectivity index (χ2v) is 11.5. The molecule has 2 aliphatic rings. The first-order valence-corrected chi connectivity index (χ1v) is 14.5. The van der Waals surface area contributed by atoms with Crippen LogP contribution in [0.5, 0.6) is 0 Å². The number of imidazole rings is 1. The van der Waals surface area contributed by atoms with Gasteiger partial charge in [-0.05, 0) is 56.7 Å². The van der Waals surface area contributed by atoms with Gasteiger partial charge in [-0.3, -0.25) is 9.36 Å². The number of aryl methyl sites for hydroxylation is 2. The van der Waals surface area contributed by atoms with Crippen molar-refractivity contribution in [2.24, 2.45) is 0 Å². The van der Waals surface area contributed by atoms with Crippen molar-refractivity contribution in [1.82, 2.24) is 39.5 Å². The Hall–Kier alpha value is -3.97.